The summed E-state index contributed by atoms with van der Waals surface area (Å²) in [6.07, 6.45) is 2.23. The molecular weight excluding hydrogens is 216 g/mol. The van der Waals surface area contributed by atoms with Crippen molar-refractivity contribution in [1.82, 2.24) is 0 Å². The Labute approximate surface area is 92.0 Å². The summed E-state index contributed by atoms with van der Waals surface area (Å²) in [6.45, 7) is 0.647. The monoisotopic (exact) mass is 229 g/mol. The van der Waals surface area contributed by atoms with E-state index >= 15 is 0 Å². The van der Waals surface area contributed by atoms with Crippen LogP contribution in [0.1, 0.15) is 18.4 Å². The molecule has 1 saturated carbocycles. The van der Waals surface area contributed by atoms with Gasteiger partial charge in [0.05, 0.1) is 0 Å². The number of benzene rings is 1. The van der Waals surface area contributed by atoms with Gasteiger partial charge in [-0.25, -0.2) is 0 Å². The van der Waals surface area contributed by atoms with E-state index in [1.165, 1.54) is 5.56 Å². The first-order chi connectivity index (χ1) is 7.16. The van der Waals surface area contributed by atoms with Crippen molar-refractivity contribution in [2.24, 2.45) is 5.73 Å². The average molecular weight is 229 g/mol. The fourth-order valence-electron chi connectivity index (χ4n) is 1.75. The van der Waals surface area contributed by atoms with Gasteiger partial charge in [0.1, 0.15) is 0 Å². The van der Waals surface area contributed by atoms with Crippen LogP contribution in [0.3, 0.4) is 0 Å². The van der Waals surface area contributed by atoms with Crippen molar-refractivity contribution in [1.29, 1.82) is 0 Å². The summed E-state index contributed by atoms with van der Waals surface area (Å²) in [6, 6.07) is 7.35. The van der Waals surface area contributed by atoms with Crippen LogP contribution in [0, 0.1) is 0 Å². The van der Waals surface area contributed by atoms with E-state index in [0.717, 1.165) is 12.8 Å². The number of rotatable bonds is 4. The zero-order valence-electron chi connectivity index (χ0n) is 8.25. The minimum absolute atomic E-state index is 0.147. The van der Waals surface area contributed by atoms with Crippen molar-refractivity contribution in [3.63, 3.8) is 0 Å². The Balaban J connectivity index is 2.10. The molecule has 0 amide bonds. The lowest BCUT2D eigenvalue weighted by atomic mass is 9.96. The van der Waals surface area contributed by atoms with E-state index in [1.54, 1.807) is 12.1 Å². The molecule has 2 N–H and O–H groups in total. The second kappa shape index (κ2) is 4.10. The third-order valence-electron chi connectivity index (χ3n) is 2.94. The van der Waals surface area contributed by atoms with Crippen LogP contribution in [0.4, 0.5) is 8.78 Å². The lowest BCUT2D eigenvalue weighted by Gasteiger charge is -2.12. The van der Waals surface area contributed by atoms with Gasteiger partial charge in [0.15, 0.2) is 0 Å². The molecule has 0 aliphatic heterocycles. The molecule has 82 valence electrons. The predicted octanol–water partition coefficient (Wildman–Crippen LogP) is 2.99. The Kier molecular flexibility index (Phi) is 2.98. The van der Waals surface area contributed by atoms with Crippen LogP contribution in [0.5, 0.6) is 0 Å². The van der Waals surface area contributed by atoms with E-state index in [0.29, 0.717) is 23.2 Å². The number of alkyl halides is 2. The Morgan fingerprint density at radius 3 is 2.27 bits per heavy atom. The van der Waals surface area contributed by atoms with Crippen molar-refractivity contribution in [2.45, 2.75) is 28.9 Å². The highest BCUT2D eigenvalue weighted by Gasteiger charge is 2.42. The molecule has 0 aromatic heterocycles. The largest absolute Gasteiger partial charge is 0.330 e. The van der Waals surface area contributed by atoms with Crippen molar-refractivity contribution in [3.05, 3.63) is 29.8 Å². The number of hydrogen-bond acceptors (Lipinski definition) is 2. The minimum atomic E-state index is -2.35. The second-order valence-corrected chi connectivity index (χ2v) is 4.95. The third kappa shape index (κ3) is 2.32. The molecule has 1 aromatic carbocycles. The number of nitrogens with two attached hydrogens (primary N) is 1. The summed E-state index contributed by atoms with van der Waals surface area (Å²) in [5, 5.41) is 0. The summed E-state index contributed by atoms with van der Waals surface area (Å²) in [7, 11) is 0. The zero-order valence-corrected chi connectivity index (χ0v) is 9.07. The van der Waals surface area contributed by atoms with Crippen LogP contribution in [-0.2, 0) is 5.41 Å². The molecule has 1 aliphatic carbocycles. The molecule has 0 unspecified atom stereocenters. The van der Waals surface area contributed by atoms with E-state index in [2.05, 4.69) is 0 Å². The van der Waals surface area contributed by atoms with Crippen LogP contribution in [0.15, 0.2) is 29.2 Å². The second-order valence-electron chi connectivity index (χ2n) is 3.89. The highest BCUT2D eigenvalue weighted by Crippen LogP contribution is 2.47. The summed E-state index contributed by atoms with van der Waals surface area (Å²) in [4.78, 5) is 0.613. The van der Waals surface area contributed by atoms with Gasteiger partial charge in [-0.1, -0.05) is 23.9 Å². The van der Waals surface area contributed by atoms with Gasteiger partial charge in [-0.15, -0.1) is 0 Å². The minimum Gasteiger partial charge on any atom is -0.330 e. The molecular formula is C11H13F2NS. The fourth-order valence-corrected chi connectivity index (χ4v) is 2.25. The van der Waals surface area contributed by atoms with E-state index in [9.17, 15) is 8.78 Å². The topological polar surface area (TPSA) is 26.0 Å². The Hall–Kier alpha value is -0.610. The molecule has 1 fully saturated rings. The first-order valence-corrected chi connectivity index (χ1v) is 5.80. The normalized spacial score (nSPS) is 18.1. The molecule has 0 bridgehead atoms. The Morgan fingerprint density at radius 1 is 1.27 bits per heavy atom. The van der Waals surface area contributed by atoms with Gasteiger partial charge in [-0.05, 0) is 30.5 Å². The van der Waals surface area contributed by atoms with E-state index < -0.39 is 5.76 Å². The van der Waals surface area contributed by atoms with Crippen LogP contribution in [-0.4, -0.2) is 12.3 Å². The maximum absolute atomic E-state index is 12.1. The molecule has 1 aromatic rings. The lowest BCUT2D eigenvalue weighted by molar-refractivity contribution is 0.252. The number of halogens is 2. The molecule has 0 atom stereocenters. The number of thioether (sulfide) groups is 1. The quantitative estimate of drug-likeness (QED) is 0.803. The molecule has 4 heteroatoms. The lowest BCUT2D eigenvalue weighted by Crippen LogP contribution is -2.19. The molecule has 0 spiro atoms. The van der Waals surface area contributed by atoms with Crippen molar-refractivity contribution in [3.8, 4) is 0 Å². The number of hydrogen-bond donors (Lipinski definition) is 1. The van der Waals surface area contributed by atoms with Gasteiger partial charge in [-0.3, -0.25) is 0 Å². The van der Waals surface area contributed by atoms with E-state index in [-0.39, 0.29) is 5.41 Å². The van der Waals surface area contributed by atoms with Gasteiger partial charge < -0.3 is 5.73 Å². The van der Waals surface area contributed by atoms with Crippen molar-refractivity contribution >= 4 is 11.8 Å². The predicted molar refractivity (Wildman–Crippen MR) is 58.3 cm³/mol. The highest BCUT2D eigenvalue weighted by molar-refractivity contribution is 7.99. The van der Waals surface area contributed by atoms with Crippen molar-refractivity contribution in [2.75, 3.05) is 6.54 Å². The van der Waals surface area contributed by atoms with Gasteiger partial charge in [-0.2, -0.15) is 8.78 Å². The highest BCUT2D eigenvalue weighted by atomic mass is 32.2. The third-order valence-corrected chi connectivity index (χ3v) is 3.66. The molecule has 2 rings (SSSR count). The maximum atomic E-state index is 12.1. The first kappa shape index (κ1) is 10.9. The standard InChI is InChI=1S/C11H13F2NS/c12-10(13)15-9-3-1-8(2-4-9)11(7-14)5-6-11/h1-4,10H,5-7,14H2. The molecule has 1 nitrogen and oxygen atoms in total. The van der Waals surface area contributed by atoms with Crippen molar-refractivity contribution < 1.29 is 8.78 Å². The fraction of sp³-hybridized carbons (Fsp3) is 0.455. The van der Waals surface area contributed by atoms with Crippen LogP contribution < -0.4 is 5.73 Å². The van der Waals surface area contributed by atoms with Gasteiger partial charge >= 0.3 is 0 Å². The van der Waals surface area contributed by atoms with Gasteiger partial charge in [0.2, 0.25) is 0 Å². The summed E-state index contributed by atoms with van der Waals surface area (Å²) in [5.74, 6) is -2.35. The molecule has 0 saturated heterocycles. The molecule has 1 aliphatic rings. The summed E-state index contributed by atoms with van der Waals surface area (Å²) < 4.78 is 24.2. The van der Waals surface area contributed by atoms with E-state index in [4.69, 9.17) is 5.73 Å². The van der Waals surface area contributed by atoms with Gasteiger partial charge in [0.25, 0.3) is 5.76 Å². The van der Waals surface area contributed by atoms with E-state index in [1.807, 2.05) is 12.1 Å². The molecule has 15 heavy (non-hydrogen) atoms. The molecule has 0 radical (unpaired) electrons. The molecule has 0 heterocycles. The first-order valence-electron chi connectivity index (χ1n) is 4.92. The average Bonchev–Trinajstić information content (AvgIpc) is 2.99. The smallest absolute Gasteiger partial charge is 0.288 e. The Bertz CT molecular complexity index is 333. The van der Waals surface area contributed by atoms with Crippen LogP contribution in [0.2, 0.25) is 0 Å². The Morgan fingerprint density at radius 2 is 1.87 bits per heavy atom. The van der Waals surface area contributed by atoms with Crippen LogP contribution in [0.25, 0.3) is 0 Å². The van der Waals surface area contributed by atoms with Crippen LogP contribution >= 0.6 is 11.8 Å². The SMILES string of the molecule is NCC1(c2ccc(SC(F)F)cc2)CC1. The van der Waals surface area contributed by atoms with Gasteiger partial charge in [0, 0.05) is 16.9 Å². The maximum Gasteiger partial charge on any atom is 0.288 e. The zero-order chi connectivity index (χ0) is 10.9. The summed E-state index contributed by atoms with van der Waals surface area (Å²) >= 11 is 0.581. The summed E-state index contributed by atoms with van der Waals surface area (Å²) in [5.41, 5.74) is 7.03.